The van der Waals surface area contributed by atoms with Crippen molar-refractivity contribution in [2.24, 2.45) is 0 Å². The van der Waals surface area contributed by atoms with E-state index in [1.54, 1.807) is 0 Å². The highest BCUT2D eigenvalue weighted by atomic mass is 15.1. The molecule has 17 heavy (non-hydrogen) atoms. The summed E-state index contributed by atoms with van der Waals surface area (Å²) in [6.07, 6.45) is 3.63. The van der Waals surface area contributed by atoms with Crippen molar-refractivity contribution in [2.75, 3.05) is 6.54 Å². The van der Waals surface area contributed by atoms with Crippen LogP contribution >= 0.6 is 0 Å². The number of nitrogens with zero attached hydrogens (tertiary/aromatic N) is 2. The summed E-state index contributed by atoms with van der Waals surface area (Å²) in [5.74, 6) is 1.23. The minimum Gasteiger partial charge on any atom is -0.327 e. The Bertz CT molecular complexity index is 509. The first kappa shape index (κ1) is 10.8. The summed E-state index contributed by atoms with van der Waals surface area (Å²) in [4.78, 5) is 4.81. The number of hydrogen-bond donors (Lipinski definition) is 1. The molecule has 1 N–H and O–H groups in total. The lowest BCUT2D eigenvalue weighted by atomic mass is 10.2. The predicted octanol–water partition coefficient (Wildman–Crippen LogP) is 2.87. The molecule has 2 aromatic rings. The van der Waals surface area contributed by atoms with Crippen LogP contribution in [0.2, 0.25) is 0 Å². The summed E-state index contributed by atoms with van der Waals surface area (Å²) in [6.45, 7) is 4.41. The Morgan fingerprint density at radius 3 is 3.06 bits per heavy atom. The van der Waals surface area contributed by atoms with Crippen molar-refractivity contribution in [2.45, 2.75) is 38.8 Å². The number of para-hydroxylation sites is 2. The number of aromatic nitrogens is 2. The van der Waals surface area contributed by atoms with Crippen molar-refractivity contribution < 1.29 is 0 Å². The van der Waals surface area contributed by atoms with E-state index >= 15 is 0 Å². The van der Waals surface area contributed by atoms with Crippen molar-refractivity contribution in [3.63, 3.8) is 0 Å². The fraction of sp³-hybridized carbons (Fsp3) is 0.500. The molecule has 0 aliphatic carbocycles. The average molecular weight is 229 g/mol. The van der Waals surface area contributed by atoms with Crippen molar-refractivity contribution >= 4 is 11.0 Å². The molecule has 1 atom stereocenters. The highest BCUT2D eigenvalue weighted by Gasteiger charge is 2.22. The molecule has 1 aliphatic rings. The van der Waals surface area contributed by atoms with Gasteiger partial charge in [-0.15, -0.1) is 0 Å². The quantitative estimate of drug-likeness (QED) is 0.877. The number of nitrogens with one attached hydrogen (secondary N) is 1. The van der Waals surface area contributed by atoms with Crippen molar-refractivity contribution in [1.82, 2.24) is 14.9 Å². The molecule has 3 rings (SSSR count). The van der Waals surface area contributed by atoms with Crippen LogP contribution in [0.3, 0.4) is 0 Å². The van der Waals surface area contributed by atoms with E-state index in [1.807, 2.05) is 0 Å². The van der Waals surface area contributed by atoms with Gasteiger partial charge in [0.1, 0.15) is 5.82 Å². The number of benzene rings is 1. The van der Waals surface area contributed by atoms with E-state index < -0.39 is 0 Å². The molecule has 1 aromatic carbocycles. The molecular weight excluding hydrogens is 210 g/mol. The van der Waals surface area contributed by atoms with Gasteiger partial charge < -0.3 is 9.88 Å². The Morgan fingerprint density at radius 1 is 1.41 bits per heavy atom. The lowest BCUT2D eigenvalue weighted by Gasteiger charge is -2.13. The van der Waals surface area contributed by atoms with Crippen LogP contribution in [-0.2, 0) is 6.54 Å². The topological polar surface area (TPSA) is 29.9 Å². The molecule has 0 amide bonds. The maximum Gasteiger partial charge on any atom is 0.127 e. The number of rotatable bonds is 3. The van der Waals surface area contributed by atoms with Gasteiger partial charge in [-0.3, -0.25) is 0 Å². The third kappa shape index (κ3) is 1.84. The van der Waals surface area contributed by atoms with Crippen molar-refractivity contribution in [3.8, 4) is 0 Å². The van der Waals surface area contributed by atoms with Crippen LogP contribution in [-0.4, -0.2) is 16.1 Å². The minimum atomic E-state index is 0.453. The van der Waals surface area contributed by atoms with Gasteiger partial charge in [-0.1, -0.05) is 19.1 Å². The van der Waals surface area contributed by atoms with Crippen LogP contribution < -0.4 is 5.32 Å². The van der Waals surface area contributed by atoms with E-state index in [0.717, 1.165) is 25.0 Å². The van der Waals surface area contributed by atoms with Crippen LogP contribution in [0.5, 0.6) is 0 Å². The normalized spacial score (nSPS) is 20.2. The first-order chi connectivity index (χ1) is 8.40. The van der Waals surface area contributed by atoms with E-state index in [0.29, 0.717) is 6.04 Å². The fourth-order valence-electron chi connectivity index (χ4n) is 2.72. The first-order valence-corrected chi connectivity index (χ1v) is 6.58. The third-order valence-electron chi connectivity index (χ3n) is 3.50. The van der Waals surface area contributed by atoms with Crippen molar-refractivity contribution in [1.29, 1.82) is 0 Å². The van der Waals surface area contributed by atoms with Gasteiger partial charge in [-0.05, 0) is 37.9 Å². The van der Waals surface area contributed by atoms with Gasteiger partial charge in [0, 0.05) is 6.54 Å². The number of imidazole rings is 1. The number of hydrogen-bond acceptors (Lipinski definition) is 2. The van der Waals surface area contributed by atoms with Crippen LogP contribution in [0.15, 0.2) is 24.3 Å². The van der Waals surface area contributed by atoms with E-state index in [1.165, 1.54) is 24.2 Å². The molecule has 1 fully saturated rings. The zero-order valence-corrected chi connectivity index (χ0v) is 10.3. The molecule has 2 heterocycles. The standard InChI is InChI=1S/C14H19N3/c1-2-10-17-13-8-4-3-6-11(13)16-14(17)12-7-5-9-15-12/h3-4,6,8,12,15H,2,5,7,9-10H2,1H3. The van der Waals surface area contributed by atoms with Gasteiger partial charge in [-0.2, -0.15) is 0 Å². The SMILES string of the molecule is CCCn1c(C2CCCN2)nc2ccccc21. The predicted molar refractivity (Wildman–Crippen MR) is 70.0 cm³/mol. The summed E-state index contributed by atoms with van der Waals surface area (Å²) in [5, 5.41) is 3.55. The second-order valence-corrected chi connectivity index (χ2v) is 4.76. The smallest absolute Gasteiger partial charge is 0.127 e. The first-order valence-electron chi connectivity index (χ1n) is 6.58. The Hall–Kier alpha value is -1.35. The Morgan fingerprint density at radius 2 is 2.29 bits per heavy atom. The molecule has 0 radical (unpaired) electrons. The summed E-state index contributed by atoms with van der Waals surface area (Å²) in [6, 6.07) is 8.91. The largest absolute Gasteiger partial charge is 0.327 e. The van der Waals surface area contributed by atoms with Gasteiger partial charge in [0.2, 0.25) is 0 Å². The molecular formula is C14H19N3. The Balaban J connectivity index is 2.11. The molecule has 1 aliphatic heterocycles. The van der Waals surface area contributed by atoms with Crippen molar-refractivity contribution in [3.05, 3.63) is 30.1 Å². The summed E-state index contributed by atoms with van der Waals surface area (Å²) < 4.78 is 2.39. The molecule has 1 aromatic heterocycles. The van der Waals surface area contributed by atoms with Gasteiger partial charge in [0.15, 0.2) is 0 Å². The molecule has 0 spiro atoms. The molecule has 90 valence electrons. The van der Waals surface area contributed by atoms with E-state index in [-0.39, 0.29) is 0 Å². The summed E-state index contributed by atoms with van der Waals surface area (Å²) >= 11 is 0. The van der Waals surface area contributed by atoms with Crippen LogP contribution in [0.1, 0.15) is 38.1 Å². The average Bonchev–Trinajstić information content (AvgIpc) is 2.97. The number of fused-ring (bicyclic) bond motifs is 1. The maximum atomic E-state index is 4.81. The summed E-state index contributed by atoms with van der Waals surface area (Å²) in [5.41, 5.74) is 2.41. The monoisotopic (exact) mass is 229 g/mol. The Labute approximate surface area is 102 Å². The van der Waals surface area contributed by atoms with E-state index in [4.69, 9.17) is 4.98 Å². The Kier molecular flexibility index (Phi) is 2.85. The van der Waals surface area contributed by atoms with E-state index in [2.05, 4.69) is 41.1 Å². The second kappa shape index (κ2) is 4.49. The van der Waals surface area contributed by atoms with Gasteiger partial charge >= 0.3 is 0 Å². The van der Waals surface area contributed by atoms with Gasteiger partial charge in [0.05, 0.1) is 17.1 Å². The number of aryl methyl sites for hydroxylation is 1. The lowest BCUT2D eigenvalue weighted by Crippen LogP contribution is -2.18. The highest BCUT2D eigenvalue weighted by molar-refractivity contribution is 5.76. The molecule has 1 unspecified atom stereocenters. The maximum absolute atomic E-state index is 4.81. The third-order valence-corrected chi connectivity index (χ3v) is 3.50. The lowest BCUT2D eigenvalue weighted by molar-refractivity contribution is 0.550. The van der Waals surface area contributed by atoms with Crippen LogP contribution in [0.25, 0.3) is 11.0 Å². The molecule has 3 nitrogen and oxygen atoms in total. The van der Waals surface area contributed by atoms with Gasteiger partial charge in [0.25, 0.3) is 0 Å². The molecule has 3 heteroatoms. The second-order valence-electron chi connectivity index (χ2n) is 4.76. The van der Waals surface area contributed by atoms with E-state index in [9.17, 15) is 0 Å². The zero-order valence-electron chi connectivity index (χ0n) is 10.3. The highest BCUT2D eigenvalue weighted by Crippen LogP contribution is 2.26. The van der Waals surface area contributed by atoms with Gasteiger partial charge in [-0.25, -0.2) is 4.98 Å². The molecule has 0 bridgehead atoms. The zero-order chi connectivity index (χ0) is 11.7. The molecule has 1 saturated heterocycles. The summed E-state index contributed by atoms with van der Waals surface area (Å²) in [7, 11) is 0. The van der Waals surface area contributed by atoms with Crippen LogP contribution in [0.4, 0.5) is 0 Å². The fourth-order valence-corrected chi connectivity index (χ4v) is 2.72. The minimum absolute atomic E-state index is 0.453. The molecule has 0 saturated carbocycles. The van der Waals surface area contributed by atoms with Crippen LogP contribution in [0, 0.1) is 0 Å².